The highest BCUT2D eigenvalue weighted by molar-refractivity contribution is 7.99. The fourth-order valence-electron chi connectivity index (χ4n) is 1.64. The highest BCUT2D eigenvalue weighted by atomic mass is 32.2. The molecule has 0 aliphatic rings. The minimum Gasteiger partial charge on any atom is -0.297 e. The van der Waals surface area contributed by atoms with Gasteiger partial charge in [-0.2, -0.15) is 5.26 Å². The standard InChI is InChI=1S/C14H17N5OS2/c1-8-6-21-11(16-8)9(5-15)10(20)7-22-13-17-12(18-19-13)14(2,3)4/h6,9H,7H2,1-4H3,(H,17,18,19)/t9-/m0/s1. The van der Waals surface area contributed by atoms with E-state index >= 15 is 0 Å². The normalized spacial score (nSPS) is 12.9. The molecule has 2 heterocycles. The van der Waals surface area contributed by atoms with Gasteiger partial charge in [0.15, 0.2) is 11.7 Å². The van der Waals surface area contributed by atoms with Crippen LogP contribution >= 0.6 is 23.1 Å². The molecule has 0 spiro atoms. The molecule has 2 rings (SSSR count). The Labute approximate surface area is 137 Å². The largest absolute Gasteiger partial charge is 0.297 e. The van der Waals surface area contributed by atoms with E-state index in [0.717, 1.165) is 11.5 Å². The Kier molecular flexibility index (Phi) is 4.98. The molecule has 2 aromatic rings. The number of carbonyl (C=O) groups excluding carboxylic acids is 1. The number of carbonyl (C=O) groups is 1. The zero-order chi connectivity index (χ0) is 16.3. The second-order valence-electron chi connectivity index (χ2n) is 5.86. The van der Waals surface area contributed by atoms with Crippen LogP contribution in [0.2, 0.25) is 0 Å². The first-order chi connectivity index (χ1) is 10.3. The van der Waals surface area contributed by atoms with Crippen molar-refractivity contribution in [3.63, 3.8) is 0 Å². The fourth-order valence-corrected chi connectivity index (χ4v) is 3.20. The van der Waals surface area contributed by atoms with Crippen molar-refractivity contribution in [3.05, 3.63) is 21.9 Å². The van der Waals surface area contributed by atoms with E-state index in [4.69, 9.17) is 0 Å². The molecule has 116 valence electrons. The number of hydrogen-bond acceptors (Lipinski definition) is 7. The molecule has 0 aliphatic heterocycles. The van der Waals surface area contributed by atoms with Crippen LogP contribution in [0.1, 0.15) is 43.2 Å². The molecule has 1 atom stereocenters. The number of nitrogens with zero attached hydrogens (tertiary/aromatic N) is 4. The molecule has 0 radical (unpaired) electrons. The number of nitriles is 1. The number of Topliss-reactive ketones (excluding diaryl/α,β-unsaturated/α-hetero) is 1. The minimum atomic E-state index is -0.813. The van der Waals surface area contributed by atoms with Gasteiger partial charge in [-0.15, -0.1) is 16.4 Å². The van der Waals surface area contributed by atoms with E-state index in [-0.39, 0.29) is 17.0 Å². The van der Waals surface area contributed by atoms with Gasteiger partial charge in [-0.05, 0) is 6.92 Å². The number of aromatic amines is 1. The van der Waals surface area contributed by atoms with Crippen LogP contribution in [0.4, 0.5) is 0 Å². The maximum atomic E-state index is 12.2. The molecule has 0 aromatic carbocycles. The number of aromatic nitrogens is 4. The predicted molar refractivity (Wildman–Crippen MR) is 86.0 cm³/mol. The summed E-state index contributed by atoms with van der Waals surface area (Å²) in [5.74, 6) is -0.0656. The lowest BCUT2D eigenvalue weighted by Gasteiger charge is -2.12. The van der Waals surface area contributed by atoms with Gasteiger partial charge in [-0.1, -0.05) is 32.5 Å². The fraction of sp³-hybridized carbons (Fsp3) is 0.500. The molecular formula is C14H17N5OS2. The van der Waals surface area contributed by atoms with Crippen molar-refractivity contribution in [2.45, 2.75) is 44.2 Å². The van der Waals surface area contributed by atoms with Gasteiger partial charge in [0, 0.05) is 16.5 Å². The van der Waals surface area contributed by atoms with Crippen LogP contribution in [0, 0.1) is 18.3 Å². The average molecular weight is 335 g/mol. The van der Waals surface area contributed by atoms with Crippen molar-refractivity contribution >= 4 is 28.9 Å². The van der Waals surface area contributed by atoms with E-state index in [9.17, 15) is 10.1 Å². The van der Waals surface area contributed by atoms with E-state index in [0.29, 0.717) is 10.2 Å². The van der Waals surface area contributed by atoms with E-state index in [1.54, 1.807) is 0 Å². The molecule has 0 fully saturated rings. The Bertz CT molecular complexity index is 707. The van der Waals surface area contributed by atoms with Crippen molar-refractivity contribution in [2.24, 2.45) is 0 Å². The van der Waals surface area contributed by atoms with E-state index < -0.39 is 5.92 Å². The van der Waals surface area contributed by atoms with Gasteiger partial charge in [0.2, 0.25) is 5.16 Å². The third-order valence-corrected chi connectivity index (χ3v) is 4.75. The van der Waals surface area contributed by atoms with E-state index in [2.05, 4.69) is 20.2 Å². The van der Waals surface area contributed by atoms with Crippen LogP contribution in [-0.4, -0.2) is 31.7 Å². The number of ketones is 1. The number of hydrogen-bond donors (Lipinski definition) is 1. The number of aryl methyl sites for hydroxylation is 1. The molecule has 0 bridgehead atoms. The van der Waals surface area contributed by atoms with Gasteiger partial charge in [0.25, 0.3) is 0 Å². The lowest BCUT2D eigenvalue weighted by molar-refractivity contribution is -0.116. The smallest absolute Gasteiger partial charge is 0.208 e. The summed E-state index contributed by atoms with van der Waals surface area (Å²) in [6.45, 7) is 7.94. The summed E-state index contributed by atoms with van der Waals surface area (Å²) in [4.78, 5) is 20.8. The summed E-state index contributed by atoms with van der Waals surface area (Å²) in [5.41, 5.74) is 0.702. The van der Waals surface area contributed by atoms with Crippen molar-refractivity contribution in [2.75, 3.05) is 5.75 Å². The summed E-state index contributed by atoms with van der Waals surface area (Å²) in [5, 5.41) is 19.1. The number of H-pyrrole nitrogens is 1. The third-order valence-electron chi connectivity index (χ3n) is 2.85. The van der Waals surface area contributed by atoms with Crippen LogP contribution in [0.15, 0.2) is 10.5 Å². The molecule has 2 aromatic heterocycles. The monoisotopic (exact) mass is 335 g/mol. The molecule has 0 aliphatic carbocycles. The van der Waals surface area contributed by atoms with Gasteiger partial charge in [0.1, 0.15) is 10.8 Å². The van der Waals surface area contributed by atoms with Crippen LogP contribution in [0.25, 0.3) is 0 Å². The Balaban J connectivity index is 2.00. The summed E-state index contributed by atoms with van der Waals surface area (Å²) >= 11 is 2.57. The molecule has 8 heteroatoms. The van der Waals surface area contributed by atoms with Crippen molar-refractivity contribution in [1.82, 2.24) is 20.2 Å². The quantitative estimate of drug-likeness (QED) is 0.844. The Morgan fingerprint density at radius 2 is 2.23 bits per heavy atom. The SMILES string of the molecule is Cc1csc([C@@H](C#N)C(=O)CSc2n[nH]c(C(C)(C)C)n2)n1. The number of nitrogens with one attached hydrogen (secondary N) is 1. The highest BCUT2D eigenvalue weighted by Gasteiger charge is 2.24. The summed E-state index contributed by atoms with van der Waals surface area (Å²) in [6.07, 6.45) is 0. The minimum absolute atomic E-state index is 0.122. The van der Waals surface area contributed by atoms with Crippen LogP contribution < -0.4 is 0 Å². The lowest BCUT2D eigenvalue weighted by atomic mass is 9.96. The number of thioether (sulfide) groups is 1. The van der Waals surface area contributed by atoms with Crippen LogP contribution in [-0.2, 0) is 10.2 Å². The zero-order valence-corrected chi connectivity index (χ0v) is 14.5. The maximum Gasteiger partial charge on any atom is 0.208 e. The van der Waals surface area contributed by atoms with Crippen molar-refractivity contribution in [3.8, 4) is 6.07 Å². The van der Waals surface area contributed by atoms with Crippen molar-refractivity contribution in [1.29, 1.82) is 5.26 Å². The summed E-state index contributed by atoms with van der Waals surface area (Å²) in [7, 11) is 0. The van der Waals surface area contributed by atoms with Gasteiger partial charge in [-0.25, -0.2) is 9.97 Å². The van der Waals surface area contributed by atoms with Gasteiger partial charge >= 0.3 is 0 Å². The highest BCUT2D eigenvalue weighted by Crippen LogP contribution is 2.25. The van der Waals surface area contributed by atoms with E-state index in [1.165, 1.54) is 23.1 Å². The second-order valence-corrected chi connectivity index (χ2v) is 7.69. The number of rotatable bonds is 5. The molecule has 0 unspecified atom stereocenters. The molecular weight excluding hydrogens is 318 g/mol. The molecule has 0 amide bonds. The first-order valence-corrected chi connectivity index (χ1v) is 8.58. The Morgan fingerprint density at radius 3 is 2.73 bits per heavy atom. The Morgan fingerprint density at radius 1 is 1.50 bits per heavy atom. The van der Waals surface area contributed by atoms with Crippen molar-refractivity contribution < 1.29 is 4.79 Å². The zero-order valence-electron chi connectivity index (χ0n) is 12.9. The van der Waals surface area contributed by atoms with Gasteiger partial charge in [-0.3, -0.25) is 9.89 Å². The van der Waals surface area contributed by atoms with Crippen LogP contribution in [0.5, 0.6) is 0 Å². The topological polar surface area (TPSA) is 95.3 Å². The molecule has 1 N–H and O–H groups in total. The lowest BCUT2D eigenvalue weighted by Crippen LogP contribution is -2.14. The predicted octanol–water partition coefficient (Wildman–Crippen LogP) is 2.84. The van der Waals surface area contributed by atoms with Crippen LogP contribution in [0.3, 0.4) is 0 Å². The maximum absolute atomic E-state index is 12.2. The molecule has 6 nitrogen and oxygen atoms in total. The van der Waals surface area contributed by atoms with E-state index in [1.807, 2.05) is 39.1 Å². The molecule has 22 heavy (non-hydrogen) atoms. The first kappa shape index (κ1) is 16.6. The average Bonchev–Trinajstić information content (AvgIpc) is 3.06. The second kappa shape index (κ2) is 6.58. The van der Waals surface area contributed by atoms with Gasteiger partial charge < -0.3 is 0 Å². The number of thiazole rings is 1. The molecule has 0 saturated carbocycles. The van der Waals surface area contributed by atoms with Gasteiger partial charge in [0.05, 0.1) is 11.8 Å². The first-order valence-electron chi connectivity index (χ1n) is 6.71. The summed E-state index contributed by atoms with van der Waals surface area (Å²) < 4.78 is 0. The molecule has 0 saturated heterocycles. The third kappa shape index (κ3) is 3.93. The summed E-state index contributed by atoms with van der Waals surface area (Å²) in [6, 6.07) is 2.03. The Hall–Kier alpha value is -1.72.